The second-order valence-electron chi connectivity index (χ2n) is 25.8. The molecule has 586 valence electrons. The molecule has 0 radical (unpaired) electrons. The minimum atomic E-state index is -2.72. The number of benzene rings is 3. The number of epoxide rings is 1. The number of aromatic hydroxyl groups is 1. The number of carbonyl (C=O) groups excluding carboxylic acids is 13. The van der Waals surface area contributed by atoms with E-state index in [9.17, 15) is 98.1 Å². The molecule has 2 fully saturated rings. The monoisotopic (exact) mass is 1520 g/mol. The van der Waals surface area contributed by atoms with Crippen LogP contribution in [0.1, 0.15) is 82.4 Å². The zero-order valence-corrected chi connectivity index (χ0v) is 58.7. The maximum atomic E-state index is 15.4. The number of aliphatic hydroxyl groups is 2. The predicted molar refractivity (Wildman–Crippen MR) is 372 cm³/mol. The summed E-state index contributed by atoms with van der Waals surface area (Å²) >= 11 is 0. The van der Waals surface area contributed by atoms with E-state index in [-0.39, 0.29) is 28.9 Å². The molecular weight excluding hydrogens is 1440 g/mol. The Balaban J connectivity index is 1.38. The molecule has 7 rings (SSSR count). The number of nitrogens with two attached hydrogens (primary N) is 1. The minimum Gasteiger partial charge on any atom is -0.508 e. The molecule has 4 heterocycles. The van der Waals surface area contributed by atoms with E-state index < -0.39 is 250 Å². The first-order chi connectivity index (χ1) is 51.7. The second-order valence-corrected chi connectivity index (χ2v) is 25.8. The van der Waals surface area contributed by atoms with Crippen LogP contribution in [0.4, 0.5) is 0 Å². The van der Waals surface area contributed by atoms with Crippen LogP contribution in [0.25, 0.3) is 21.8 Å². The van der Waals surface area contributed by atoms with Gasteiger partial charge in [-0.25, -0.2) is 4.79 Å². The Hall–Kier alpha value is -12.6. The van der Waals surface area contributed by atoms with Gasteiger partial charge in [0.2, 0.25) is 65.0 Å². The number of H-pyrrole nitrogens is 2. The molecule has 0 aliphatic carbocycles. The predicted octanol–water partition coefficient (Wildman–Crippen LogP) is -5.38. The van der Waals surface area contributed by atoms with Gasteiger partial charge in [0.05, 0.1) is 44.9 Å². The molecule has 15 atom stereocenters. The summed E-state index contributed by atoms with van der Waals surface area (Å²) < 4.78 is 11.4. The summed E-state index contributed by atoms with van der Waals surface area (Å²) in [5, 5.41) is 97.1. The number of phenols is 1. The Morgan fingerprint density at radius 2 is 1.05 bits per heavy atom. The van der Waals surface area contributed by atoms with E-state index >= 15 is 19.2 Å². The average Bonchev–Trinajstić information content (AvgIpc) is 1.79. The number of rotatable bonds is 25. The standard InChI is InChI=1S/C69H84N14O26/c1-4-10-47-57(109-47)68(106)80-46(29-84)64(102)82-53-30(3)108-69(107)45(21-34-27-72-39-14-9-7-12-37(34)39)79-66(104)54(32(5-2)22-49(87)88)83-67(105)55(56(95)58(70)96)81-48(86)28-73-59(97)42(23-50(89)90)75-60(98)40(19-31-15-17-35(85)18-16-31)74-62(100)43(24-51(91)92)77-63(101)44(25-52(93)94)76-61(99)41(78-65(53)103)20-33-26-71-38-13-8-6-11-36(33)38/h6-9,11-18,26-27,30,32,40-47,53-57,71-72,84-85,95H,4-5,10,19-25,28-29H2,1-3H3,(H2,70,96)(H,73,97)(H,74,100)(H,75,98)(H,76,99)(H,77,101)(H,78,103)(H,79,104)(H,80,106)(H,81,86)(H,82,102)(H,83,105)(H,87,88)(H,89,90)(H,91,92)(H,93,94)/t30?,32-,40-,41?,42+,43?,44+,45+,46+,47+,53?,54?,55+,56+,57-/m1/s1. The molecular formula is C69H84N14O26. The van der Waals surface area contributed by atoms with Gasteiger partial charge in [0.25, 0.3) is 5.91 Å². The summed E-state index contributed by atoms with van der Waals surface area (Å²) in [5.74, 6) is -27.7. The number of carbonyl (C=O) groups is 17. The molecule has 22 N–H and O–H groups in total. The second kappa shape index (κ2) is 38.6. The van der Waals surface area contributed by atoms with Gasteiger partial charge in [-0.15, -0.1) is 0 Å². The van der Waals surface area contributed by atoms with Gasteiger partial charge in [0, 0.05) is 53.5 Å². The number of phenolic OH excluding ortho intramolecular Hbond substituents is 1. The van der Waals surface area contributed by atoms with Crippen molar-refractivity contribution in [2.45, 2.75) is 170 Å². The summed E-state index contributed by atoms with van der Waals surface area (Å²) in [5.41, 5.74) is 6.93. The molecule has 0 saturated carbocycles. The Labute approximate surface area is 617 Å². The lowest BCUT2D eigenvalue weighted by Gasteiger charge is -2.31. The molecule has 5 aromatic rings. The van der Waals surface area contributed by atoms with Crippen LogP contribution in [0.3, 0.4) is 0 Å². The normalized spacial score (nSPS) is 24.2. The number of aromatic nitrogens is 2. The smallest absolute Gasteiger partial charge is 0.329 e. The van der Waals surface area contributed by atoms with Crippen molar-refractivity contribution in [3.05, 3.63) is 102 Å². The van der Waals surface area contributed by atoms with Gasteiger partial charge < -0.3 is 119 Å². The molecule has 2 aliphatic rings. The number of aliphatic carboxylic acids is 4. The summed E-state index contributed by atoms with van der Waals surface area (Å²) in [6, 6.07) is -4.25. The number of nitrogens with one attached hydrogen (secondary N) is 13. The highest BCUT2D eigenvalue weighted by Crippen LogP contribution is 2.27. The molecule has 2 aliphatic heterocycles. The summed E-state index contributed by atoms with van der Waals surface area (Å²) in [4.78, 5) is 243. The number of hydrogen-bond donors (Lipinski definition) is 21. The Kier molecular flexibility index (Phi) is 29.6. The van der Waals surface area contributed by atoms with Gasteiger partial charge in [-0.05, 0) is 60.2 Å². The topological polar surface area (TPSA) is 643 Å². The first-order valence-corrected chi connectivity index (χ1v) is 34.2. The maximum Gasteiger partial charge on any atom is 0.329 e. The van der Waals surface area contributed by atoms with Crippen molar-refractivity contribution in [1.29, 1.82) is 0 Å². The molecule has 2 aromatic heterocycles. The third-order valence-electron chi connectivity index (χ3n) is 17.7. The van der Waals surface area contributed by atoms with Crippen molar-refractivity contribution in [3.63, 3.8) is 0 Å². The lowest BCUT2D eigenvalue weighted by molar-refractivity contribution is -0.156. The van der Waals surface area contributed by atoms with Crippen LogP contribution >= 0.6 is 0 Å². The van der Waals surface area contributed by atoms with E-state index in [0.717, 1.165) is 19.1 Å². The Morgan fingerprint density at radius 3 is 1.55 bits per heavy atom. The summed E-state index contributed by atoms with van der Waals surface area (Å²) in [7, 11) is 0. The van der Waals surface area contributed by atoms with Gasteiger partial charge in [0.1, 0.15) is 72.3 Å². The van der Waals surface area contributed by atoms with Crippen molar-refractivity contribution < 1.29 is 127 Å². The van der Waals surface area contributed by atoms with E-state index in [1.807, 2.05) is 22.9 Å². The summed E-state index contributed by atoms with van der Waals surface area (Å²) in [6.45, 7) is 1.73. The zero-order chi connectivity index (χ0) is 80.1. The number of carboxylic acids is 4. The van der Waals surface area contributed by atoms with E-state index in [1.165, 1.54) is 31.5 Å². The van der Waals surface area contributed by atoms with Gasteiger partial charge in [-0.2, -0.15) is 0 Å². The molecule has 40 heteroatoms. The van der Waals surface area contributed by atoms with Crippen LogP contribution in [0.15, 0.2) is 85.2 Å². The average molecular weight is 1530 g/mol. The van der Waals surface area contributed by atoms with Crippen molar-refractivity contribution in [2.75, 3.05) is 13.2 Å². The van der Waals surface area contributed by atoms with Gasteiger partial charge >= 0.3 is 29.8 Å². The fourth-order valence-corrected chi connectivity index (χ4v) is 11.9. The number of amides is 12. The number of esters is 1. The molecule has 0 bridgehead atoms. The zero-order valence-electron chi connectivity index (χ0n) is 58.7. The van der Waals surface area contributed by atoms with E-state index in [2.05, 4.69) is 52.5 Å². The Bertz CT molecular complexity index is 4260. The fraction of sp³-hybridized carbons (Fsp3) is 0.435. The largest absolute Gasteiger partial charge is 0.508 e. The number of cyclic esters (lactones) is 1. The number of para-hydroxylation sites is 2. The van der Waals surface area contributed by atoms with Gasteiger partial charge in [-0.1, -0.05) is 75.2 Å². The fourth-order valence-electron chi connectivity index (χ4n) is 11.9. The van der Waals surface area contributed by atoms with Crippen LogP contribution in [0, 0.1) is 5.92 Å². The highest BCUT2D eigenvalue weighted by Gasteiger charge is 2.47. The van der Waals surface area contributed by atoms with Gasteiger partial charge in [-0.3, -0.25) is 76.7 Å². The Morgan fingerprint density at radius 1 is 0.569 bits per heavy atom. The third kappa shape index (κ3) is 23.7. The number of aromatic amines is 2. The quantitative estimate of drug-likeness (QED) is 0.0192. The third-order valence-corrected chi connectivity index (χ3v) is 17.7. The number of aliphatic hydroxyl groups excluding tert-OH is 2. The van der Waals surface area contributed by atoms with Crippen LogP contribution in [-0.2, 0) is 110 Å². The minimum absolute atomic E-state index is 0.104. The molecule has 40 nitrogen and oxygen atoms in total. The molecule has 5 unspecified atom stereocenters. The molecule has 2 saturated heterocycles. The van der Waals surface area contributed by atoms with Crippen molar-refractivity contribution in [1.82, 2.24) is 68.5 Å². The van der Waals surface area contributed by atoms with Crippen LogP contribution in [0.2, 0.25) is 0 Å². The molecule has 3 aromatic carbocycles. The van der Waals surface area contributed by atoms with E-state index in [1.54, 1.807) is 48.5 Å². The number of ether oxygens (including phenoxy) is 2. The van der Waals surface area contributed by atoms with Crippen LogP contribution in [0.5, 0.6) is 5.75 Å². The lowest BCUT2D eigenvalue weighted by Crippen LogP contribution is -2.63. The van der Waals surface area contributed by atoms with Crippen LogP contribution in [-0.4, -0.2) is 244 Å². The highest BCUT2D eigenvalue weighted by molar-refractivity contribution is 6.02. The lowest BCUT2D eigenvalue weighted by atomic mass is 9.91. The molecule has 0 spiro atoms. The first kappa shape index (κ1) is 83.7. The van der Waals surface area contributed by atoms with Crippen molar-refractivity contribution in [3.8, 4) is 5.75 Å². The van der Waals surface area contributed by atoms with E-state index in [4.69, 9.17) is 15.2 Å². The number of carboxylic acid groups (broad SMARTS) is 4. The molecule has 109 heavy (non-hydrogen) atoms. The maximum absolute atomic E-state index is 15.4. The molecule has 12 amide bonds. The SMILES string of the molecule is CCC[C@@H]1O[C@H]1C(=O)N[C@@H](CO)C(=O)NC1C(=O)NC(Cc2c[nH]c3ccccc23)C(=O)N[C@@H](CC(=O)O)C(=O)NC(CC(=O)O)C(=O)N[C@H](Cc2ccc(O)cc2)C(=O)N[C@@H](CC(=O)O)C(=O)NCC(=O)N[C@@H]([C@H](O)C(N)=O)C(=O)NC([C@H](CC)CC(=O)O)C(=O)N[C@@H](Cc2c[nH]c3ccccc23)C(=O)OC1C. The number of primary amides is 1. The number of fused-ring (bicyclic) bond motifs is 2. The van der Waals surface area contributed by atoms with E-state index in [0.29, 0.717) is 34.6 Å². The van der Waals surface area contributed by atoms with Crippen molar-refractivity contribution in [2.24, 2.45) is 11.7 Å². The highest BCUT2D eigenvalue weighted by atomic mass is 16.6. The van der Waals surface area contributed by atoms with Crippen LogP contribution < -0.4 is 64.2 Å². The summed E-state index contributed by atoms with van der Waals surface area (Å²) in [6.07, 6.45) is -9.68. The van der Waals surface area contributed by atoms with Gasteiger partial charge in [0.15, 0.2) is 12.2 Å². The first-order valence-electron chi connectivity index (χ1n) is 34.2. The van der Waals surface area contributed by atoms with Crippen molar-refractivity contribution >= 4 is 123 Å². The number of hydrogen-bond acceptors (Lipinski definition) is 22.